The molecule has 1 aliphatic rings. The highest BCUT2D eigenvalue weighted by atomic mass is 35.5. The lowest BCUT2D eigenvalue weighted by Crippen LogP contribution is -2.36. The molecule has 9 heteroatoms. The fourth-order valence-electron chi connectivity index (χ4n) is 2.86. The van der Waals surface area contributed by atoms with Gasteiger partial charge in [0.05, 0.1) is 25.4 Å². The van der Waals surface area contributed by atoms with E-state index < -0.39 is 34.6 Å². The molecule has 3 rings (SSSR count). The maximum Gasteiger partial charge on any atom is 0.205 e. The molecule has 0 aliphatic carbocycles. The number of halogens is 5. The molecule has 4 nitrogen and oxygen atoms in total. The monoisotopic (exact) mass is 447 g/mol. The third-order valence-corrected chi connectivity index (χ3v) is 4.36. The first kappa shape index (κ1) is 24.0. The first-order chi connectivity index (χ1) is 14.0. The molecule has 0 aromatic heterocycles. The lowest BCUT2D eigenvalue weighted by molar-refractivity contribution is 0.0435. The Bertz CT molecular complexity index is 843. The first-order valence-corrected chi connectivity index (χ1v) is 9.24. The molecule has 1 heterocycles. The molecule has 0 saturated carbocycles. The van der Waals surface area contributed by atoms with Crippen LogP contribution in [0.3, 0.4) is 0 Å². The van der Waals surface area contributed by atoms with Gasteiger partial charge in [-0.15, -0.1) is 12.4 Å². The Morgan fingerprint density at radius 1 is 0.933 bits per heavy atom. The van der Waals surface area contributed by atoms with Gasteiger partial charge in [-0.25, -0.2) is 8.78 Å². The quantitative estimate of drug-likeness (QED) is 0.431. The van der Waals surface area contributed by atoms with E-state index in [1.54, 1.807) is 6.92 Å². The van der Waals surface area contributed by atoms with E-state index >= 15 is 0 Å². The van der Waals surface area contributed by atoms with Gasteiger partial charge in [-0.1, -0.05) is 12.2 Å². The molecular formula is C21H22ClF4NO3. The van der Waals surface area contributed by atoms with E-state index in [1.807, 2.05) is 4.90 Å². The van der Waals surface area contributed by atoms with Crippen LogP contribution in [0.4, 0.5) is 17.6 Å². The van der Waals surface area contributed by atoms with Crippen LogP contribution in [-0.4, -0.2) is 44.4 Å². The summed E-state index contributed by atoms with van der Waals surface area (Å²) in [6, 6.07) is 5.81. The van der Waals surface area contributed by atoms with Crippen molar-refractivity contribution in [3.63, 3.8) is 0 Å². The Labute approximate surface area is 178 Å². The summed E-state index contributed by atoms with van der Waals surface area (Å²) < 4.78 is 73.0. The van der Waals surface area contributed by atoms with Crippen molar-refractivity contribution in [2.24, 2.45) is 0 Å². The van der Waals surface area contributed by atoms with Gasteiger partial charge in [-0.3, -0.25) is 4.90 Å². The minimum atomic E-state index is -1.59. The fourth-order valence-corrected chi connectivity index (χ4v) is 2.86. The SMILES string of the molecule is CCOc1ccc(Oc2c(F)c(F)c(C=CCN3CCOCC3)c(F)c2F)cc1.Cl. The summed E-state index contributed by atoms with van der Waals surface area (Å²) in [5.41, 5.74) is -0.785. The summed E-state index contributed by atoms with van der Waals surface area (Å²) in [5.74, 6) is -6.80. The molecule has 1 aliphatic heterocycles. The van der Waals surface area contributed by atoms with Crippen LogP contribution in [-0.2, 0) is 4.74 Å². The van der Waals surface area contributed by atoms with Crippen LogP contribution >= 0.6 is 12.4 Å². The van der Waals surface area contributed by atoms with Gasteiger partial charge in [0, 0.05) is 19.6 Å². The number of morpholine rings is 1. The highest BCUT2D eigenvalue weighted by Gasteiger charge is 2.26. The van der Waals surface area contributed by atoms with E-state index in [1.165, 1.54) is 30.3 Å². The van der Waals surface area contributed by atoms with Crippen LogP contribution in [0.15, 0.2) is 30.3 Å². The van der Waals surface area contributed by atoms with Gasteiger partial charge >= 0.3 is 0 Å². The molecule has 2 aromatic rings. The van der Waals surface area contributed by atoms with Crippen molar-refractivity contribution in [2.45, 2.75) is 6.92 Å². The standard InChI is InChI=1S/C21H21F4NO3.ClH/c1-2-28-14-5-7-15(8-6-14)29-21-19(24)17(22)16(18(23)20(21)25)4-3-9-26-10-12-27-13-11-26;/h3-8H,2,9-13H2,1H3;1H. The van der Waals surface area contributed by atoms with Crippen molar-refractivity contribution in [3.8, 4) is 17.2 Å². The van der Waals surface area contributed by atoms with Crippen molar-refractivity contribution in [2.75, 3.05) is 39.5 Å². The number of rotatable bonds is 7. The van der Waals surface area contributed by atoms with Crippen molar-refractivity contribution < 1.29 is 31.8 Å². The maximum absolute atomic E-state index is 14.4. The average Bonchev–Trinajstić information content (AvgIpc) is 2.74. The van der Waals surface area contributed by atoms with E-state index in [2.05, 4.69) is 0 Å². The normalized spacial score (nSPS) is 14.6. The molecule has 0 amide bonds. The largest absolute Gasteiger partial charge is 0.494 e. The minimum absolute atomic E-state index is 0. The van der Waals surface area contributed by atoms with E-state index in [0.717, 1.165) is 6.08 Å². The number of nitrogens with zero attached hydrogens (tertiary/aromatic N) is 1. The van der Waals surface area contributed by atoms with Crippen LogP contribution < -0.4 is 9.47 Å². The molecular weight excluding hydrogens is 426 g/mol. The summed E-state index contributed by atoms with van der Waals surface area (Å²) in [5, 5.41) is 0. The van der Waals surface area contributed by atoms with Crippen molar-refractivity contribution in [1.29, 1.82) is 0 Å². The topological polar surface area (TPSA) is 30.9 Å². The number of hydrogen-bond acceptors (Lipinski definition) is 4. The fraction of sp³-hybridized carbons (Fsp3) is 0.333. The summed E-state index contributed by atoms with van der Waals surface area (Å²) in [7, 11) is 0. The third kappa shape index (κ3) is 5.65. The smallest absolute Gasteiger partial charge is 0.205 e. The Morgan fingerprint density at radius 3 is 2.07 bits per heavy atom. The Balaban J connectivity index is 0.00000320. The van der Waals surface area contributed by atoms with Crippen molar-refractivity contribution in [1.82, 2.24) is 4.90 Å². The molecule has 164 valence electrons. The van der Waals surface area contributed by atoms with Gasteiger partial charge in [-0.05, 0) is 31.2 Å². The Hall–Kier alpha value is -2.29. The zero-order valence-electron chi connectivity index (χ0n) is 16.3. The minimum Gasteiger partial charge on any atom is -0.494 e. The summed E-state index contributed by atoms with van der Waals surface area (Å²) in [6.45, 7) is 5.11. The number of benzene rings is 2. The second kappa shape index (κ2) is 11.2. The van der Waals surface area contributed by atoms with Gasteiger partial charge < -0.3 is 14.2 Å². The summed E-state index contributed by atoms with van der Waals surface area (Å²) in [6.07, 6.45) is 2.49. The third-order valence-electron chi connectivity index (χ3n) is 4.36. The van der Waals surface area contributed by atoms with Gasteiger partial charge in [0.25, 0.3) is 0 Å². The lowest BCUT2D eigenvalue weighted by Gasteiger charge is -2.25. The lowest BCUT2D eigenvalue weighted by atomic mass is 10.1. The van der Waals surface area contributed by atoms with Gasteiger partial charge in [0.15, 0.2) is 11.6 Å². The molecule has 1 saturated heterocycles. The predicted octanol–water partition coefficient (Wildman–Crippen LogP) is 5.20. The number of ether oxygens (including phenoxy) is 3. The van der Waals surface area contributed by atoms with Gasteiger partial charge in [0.2, 0.25) is 17.4 Å². The van der Waals surface area contributed by atoms with Crippen LogP contribution in [0.25, 0.3) is 6.08 Å². The molecule has 0 radical (unpaired) electrons. The zero-order valence-corrected chi connectivity index (χ0v) is 17.1. The van der Waals surface area contributed by atoms with Crippen molar-refractivity contribution >= 4 is 18.5 Å². The highest BCUT2D eigenvalue weighted by molar-refractivity contribution is 5.85. The van der Waals surface area contributed by atoms with Crippen LogP contribution in [0.2, 0.25) is 0 Å². The van der Waals surface area contributed by atoms with Crippen LogP contribution in [0.1, 0.15) is 12.5 Å². The van der Waals surface area contributed by atoms with Crippen LogP contribution in [0.5, 0.6) is 17.2 Å². The average molecular weight is 448 g/mol. The predicted molar refractivity (Wildman–Crippen MR) is 108 cm³/mol. The second-order valence-corrected chi connectivity index (χ2v) is 6.32. The summed E-state index contributed by atoms with van der Waals surface area (Å²) in [4.78, 5) is 1.99. The summed E-state index contributed by atoms with van der Waals surface area (Å²) >= 11 is 0. The molecule has 2 aromatic carbocycles. The van der Waals surface area contributed by atoms with Crippen molar-refractivity contribution in [3.05, 3.63) is 59.2 Å². The Morgan fingerprint density at radius 2 is 1.50 bits per heavy atom. The molecule has 30 heavy (non-hydrogen) atoms. The Kier molecular flexibility index (Phi) is 8.95. The van der Waals surface area contributed by atoms with E-state index in [9.17, 15) is 17.6 Å². The molecule has 0 atom stereocenters. The molecule has 0 N–H and O–H groups in total. The van der Waals surface area contributed by atoms with Gasteiger partial charge in [0.1, 0.15) is 11.5 Å². The maximum atomic E-state index is 14.4. The van der Waals surface area contributed by atoms with Gasteiger partial charge in [-0.2, -0.15) is 8.78 Å². The first-order valence-electron chi connectivity index (χ1n) is 9.24. The molecule has 0 unspecified atom stereocenters. The molecule has 0 bridgehead atoms. The van der Waals surface area contributed by atoms with E-state index in [0.29, 0.717) is 45.2 Å². The molecule has 0 spiro atoms. The number of hydrogen-bond donors (Lipinski definition) is 0. The van der Waals surface area contributed by atoms with E-state index in [4.69, 9.17) is 14.2 Å². The van der Waals surface area contributed by atoms with Crippen LogP contribution in [0, 0.1) is 23.3 Å². The van der Waals surface area contributed by atoms with E-state index in [-0.39, 0.29) is 18.2 Å². The second-order valence-electron chi connectivity index (χ2n) is 6.32. The molecule has 1 fully saturated rings. The zero-order chi connectivity index (χ0) is 20.8. The highest BCUT2D eigenvalue weighted by Crippen LogP contribution is 2.34.